The first-order chi connectivity index (χ1) is 13.0. The van der Waals surface area contributed by atoms with E-state index in [0.29, 0.717) is 11.5 Å². The van der Waals surface area contributed by atoms with Gasteiger partial charge in [0.1, 0.15) is 5.75 Å². The van der Waals surface area contributed by atoms with Crippen LogP contribution in [-0.2, 0) is 9.84 Å². The molecule has 0 aliphatic carbocycles. The molecule has 0 aliphatic rings. The van der Waals surface area contributed by atoms with Gasteiger partial charge in [0, 0.05) is 23.6 Å². The third-order valence-corrected chi connectivity index (χ3v) is 5.41. The van der Waals surface area contributed by atoms with Gasteiger partial charge in [-0.3, -0.25) is 0 Å². The van der Waals surface area contributed by atoms with Crippen LogP contribution in [-0.4, -0.2) is 36.4 Å². The molecule has 0 aliphatic heterocycles. The van der Waals surface area contributed by atoms with Crippen LogP contribution in [0, 0.1) is 0 Å². The van der Waals surface area contributed by atoms with Crippen LogP contribution >= 0.6 is 0 Å². The van der Waals surface area contributed by atoms with Crippen molar-refractivity contribution in [3.05, 3.63) is 66.9 Å². The second kappa shape index (κ2) is 6.51. The average Bonchev–Trinajstić information content (AvgIpc) is 3.12. The molecule has 4 aromatic rings. The van der Waals surface area contributed by atoms with Gasteiger partial charge in [-0.1, -0.05) is 24.3 Å². The Labute approximate surface area is 157 Å². The minimum atomic E-state index is -3.23. The SMILES string of the molecule is COc1cccc(-c2nc3c(-c4ccc(S(C)(=O)=O)cc4)cccn3n2)c1. The molecule has 0 saturated heterocycles. The number of methoxy groups -OCH3 is 1. The van der Waals surface area contributed by atoms with Crippen molar-refractivity contribution in [1.82, 2.24) is 14.6 Å². The molecule has 0 N–H and O–H groups in total. The molecule has 27 heavy (non-hydrogen) atoms. The van der Waals surface area contributed by atoms with Gasteiger partial charge in [-0.15, -0.1) is 5.10 Å². The molecule has 0 saturated carbocycles. The van der Waals surface area contributed by atoms with Crippen molar-refractivity contribution >= 4 is 15.5 Å². The summed E-state index contributed by atoms with van der Waals surface area (Å²) in [5.74, 6) is 1.33. The zero-order valence-corrected chi connectivity index (χ0v) is 15.6. The van der Waals surface area contributed by atoms with E-state index >= 15 is 0 Å². The van der Waals surface area contributed by atoms with Crippen LogP contribution in [0.25, 0.3) is 28.2 Å². The fraction of sp³-hybridized carbons (Fsp3) is 0.100. The minimum absolute atomic E-state index is 0.289. The third-order valence-electron chi connectivity index (χ3n) is 4.28. The van der Waals surface area contributed by atoms with Gasteiger partial charge in [0.2, 0.25) is 0 Å². The molecule has 0 atom stereocenters. The van der Waals surface area contributed by atoms with Crippen molar-refractivity contribution in [2.75, 3.05) is 13.4 Å². The van der Waals surface area contributed by atoms with E-state index in [1.54, 1.807) is 35.9 Å². The summed E-state index contributed by atoms with van der Waals surface area (Å²) in [7, 11) is -1.61. The normalized spacial score (nSPS) is 11.6. The quantitative estimate of drug-likeness (QED) is 0.543. The summed E-state index contributed by atoms with van der Waals surface area (Å²) in [6, 6.07) is 18.2. The van der Waals surface area contributed by atoms with Crippen molar-refractivity contribution in [2.24, 2.45) is 0 Å². The maximum absolute atomic E-state index is 11.7. The van der Waals surface area contributed by atoms with Gasteiger partial charge in [-0.05, 0) is 42.0 Å². The van der Waals surface area contributed by atoms with Gasteiger partial charge < -0.3 is 4.74 Å². The fourth-order valence-corrected chi connectivity index (χ4v) is 3.53. The molecule has 2 heterocycles. The first kappa shape index (κ1) is 17.2. The van der Waals surface area contributed by atoms with E-state index in [4.69, 9.17) is 4.74 Å². The first-order valence-corrected chi connectivity index (χ1v) is 10.2. The molecule has 0 spiro atoms. The highest BCUT2D eigenvalue weighted by Gasteiger charge is 2.13. The van der Waals surface area contributed by atoms with Crippen molar-refractivity contribution in [3.8, 4) is 28.3 Å². The molecular weight excluding hydrogens is 362 g/mol. The third kappa shape index (κ3) is 3.29. The lowest BCUT2D eigenvalue weighted by molar-refractivity contribution is 0.415. The number of hydrogen-bond acceptors (Lipinski definition) is 5. The zero-order valence-electron chi connectivity index (χ0n) is 14.8. The molecule has 7 heteroatoms. The Morgan fingerprint density at radius 2 is 1.74 bits per heavy atom. The predicted octanol–water partition coefficient (Wildman–Crippen LogP) is 3.48. The van der Waals surface area contributed by atoms with E-state index in [1.165, 1.54) is 6.26 Å². The zero-order chi connectivity index (χ0) is 19.0. The number of nitrogens with zero attached hydrogens (tertiary/aromatic N) is 3. The smallest absolute Gasteiger partial charge is 0.182 e. The largest absolute Gasteiger partial charge is 0.497 e. The van der Waals surface area contributed by atoms with Gasteiger partial charge in [0.15, 0.2) is 21.3 Å². The molecule has 136 valence electrons. The topological polar surface area (TPSA) is 73.6 Å². The Balaban J connectivity index is 1.82. The van der Waals surface area contributed by atoms with E-state index in [9.17, 15) is 8.42 Å². The molecule has 2 aromatic heterocycles. The van der Waals surface area contributed by atoms with Crippen molar-refractivity contribution < 1.29 is 13.2 Å². The van der Waals surface area contributed by atoms with Crippen molar-refractivity contribution in [3.63, 3.8) is 0 Å². The van der Waals surface area contributed by atoms with E-state index in [2.05, 4.69) is 10.1 Å². The molecular formula is C20H17N3O3S. The Morgan fingerprint density at radius 3 is 2.44 bits per heavy atom. The molecule has 2 aromatic carbocycles. The maximum atomic E-state index is 11.7. The van der Waals surface area contributed by atoms with Crippen LogP contribution in [0.15, 0.2) is 71.8 Å². The highest BCUT2D eigenvalue weighted by Crippen LogP contribution is 2.27. The molecule has 0 radical (unpaired) electrons. The van der Waals surface area contributed by atoms with Gasteiger partial charge in [0.05, 0.1) is 12.0 Å². The van der Waals surface area contributed by atoms with E-state index in [-0.39, 0.29) is 4.90 Å². The number of pyridine rings is 1. The number of rotatable bonds is 4. The van der Waals surface area contributed by atoms with Gasteiger partial charge in [-0.25, -0.2) is 17.9 Å². The highest BCUT2D eigenvalue weighted by atomic mass is 32.2. The number of ether oxygens (including phenoxy) is 1. The molecule has 4 rings (SSSR count). The Bertz CT molecular complexity index is 1230. The van der Waals surface area contributed by atoms with Crippen molar-refractivity contribution in [2.45, 2.75) is 4.90 Å². The van der Waals surface area contributed by atoms with Crippen molar-refractivity contribution in [1.29, 1.82) is 0 Å². The van der Waals surface area contributed by atoms with Crippen LogP contribution in [0.5, 0.6) is 5.75 Å². The minimum Gasteiger partial charge on any atom is -0.497 e. The first-order valence-electron chi connectivity index (χ1n) is 8.26. The Morgan fingerprint density at radius 1 is 0.963 bits per heavy atom. The number of aromatic nitrogens is 3. The maximum Gasteiger partial charge on any atom is 0.182 e. The number of hydrogen-bond donors (Lipinski definition) is 0. The molecule has 6 nitrogen and oxygen atoms in total. The lowest BCUT2D eigenvalue weighted by Crippen LogP contribution is -1.96. The average molecular weight is 379 g/mol. The summed E-state index contributed by atoms with van der Waals surface area (Å²) in [5, 5.41) is 4.56. The summed E-state index contributed by atoms with van der Waals surface area (Å²) in [4.78, 5) is 4.97. The van der Waals surface area contributed by atoms with E-state index in [1.807, 2.05) is 42.6 Å². The lowest BCUT2D eigenvalue weighted by atomic mass is 10.1. The summed E-state index contributed by atoms with van der Waals surface area (Å²) < 4.78 is 30.3. The summed E-state index contributed by atoms with van der Waals surface area (Å²) in [6.07, 6.45) is 3.03. The monoisotopic (exact) mass is 379 g/mol. The Hall–Kier alpha value is -3.19. The number of fused-ring (bicyclic) bond motifs is 1. The van der Waals surface area contributed by atoms with Crippen LogP contribution in [0.2, 0.25) is 0 Å². The lowest BCUT2D eigenvalue weighted by Gasteiger charge is -2.04. The van der Waals surface area contributed by atoms with E-state index in [0.717, 1.165) is 22.4 Å². The fourth-order valence-electron chi connectivity index (χ4n) is 2.90. The molecule has 0 amide bonds. The van der Waals surface area contributed by atoms with E-state index < -0.39 is 9.84 Å². The summed E-state index contributed by atoms with van der Waals surface area (Å²) in [5.41, 5.74) is 3.30. The van der Waals surface area contributed by atoms with Gasteiger partial charge >= 0.3 is 0 Å². The van der Waals surface area contributed by atoms with Gasteiger partial charge in [0.25, 0.3) is 0 Å². The predicted molar refractivity (Wildman–Crippen MR) is 104 cm³/mol. The van der Waals surface area contributed by atoms with Crippen LogP contribution < -0.4 is 4.74 Å². The van der Waals surface area contributed by atoms with Crippen LogP contribution in [0.1, 0.15) is 0 Å². The summed E-state index contributed by atoms with van der Waals surface area (Å²) in [6.45, 7) is 0. The second-order valence-corrected chi connectivity index (χ2v) is 8.17. The van der Waals surface area contributed by atoms with Gasteiger partial charge in [-0.2, -0.15) is 0 Å². The molecule has 0 bridgehead atoms. The number of sulfone groups is 1. The number of benzene rings is 2. The van der Waals surface area contributed by atoms with Crippen LogP contribution in [0.3, 0.4) is 0 Å². The molecule has 0 fully saturated rings. The standard InChI is InChI=1S/C20H17N3O3S/c1-26-16-6-3-5-15(13-16)19-21-20-18(7-4-12-23(20)22-19)14-8-10-17(11-9-14)27(2,24)25/h3-13H,1-2H3. The van der Waals surface area contributed by atoms with Crippen LogP contribution in [0.4, 0.5) is 0 Å². The summed E-state index contributed by atoms with van der Waals surface area (Å²) >= 11 is 0. The Kier molecular flexibility index (Phi) is 4.16. The second-order valence-electron chi connectivity index (χ2n) is 6.15. The molecule has 0 unspecified atom stereocenters. The highest BCUT2D eigenvalue weighted by molar-refractivity contribution is 7.90.